The van der Waals surface area contributed by atoms with Crippen molar-refractivity contribution in [2.75, 3.05) is 13.2 Å². The molecular formula is C15H31NO2. The van der Waals surface area contributed by atoms with Crippen molar-refractivity contribution in [1.29, 1.82) is 0 Å². The van der Waals surface area contributed by atoms with E-state index in [0.717, 1.165) is 32.3 Å². The van der Waals surface area contributed by atoms with E-state index in [4.69, 9.17) is 4.74 Å². The third kappa shape index (κ3) is 5.25. The Balaban J connectivity index is 2.39. The highest BCUT2D eigenvalue weighted by Gasteiger charge is 2.32. The van der Waals surface area contributed by atoms with Gasteiger partial charge in [-0.25, -0.2) is 0 Å². The Bertz CT molecular complexity index is 253. The summed E-state index contributed by atoms with van der Waals surface area (Å²) >= 11 is 0. The molecule has 2 N–H and O–H groups in total. The van der Waals surface area contributed by atoms with Crippen molar-refractivity contribution < 1.29 is 9.84 Å². The van der Waals surface area contributed by atoms with Gasteiger partial charge in [0.25, 0.3) is 0 Å². The number of hydrogen-bond donors (Lipinski definition) is 2. The third-order valence-electron chi connectivity index (χ3n) is 3.96. The van der Waals surface area contributed by atoms with E-state index in [9.17, 15) is 5.11 Å². The SMILES string of the molecule is CCC1(C)CC(NCC(C)(O)CC(C)C)CCO1. The van der Waals surface area contributed by atoms with E-state index in [2.05, 4.69) is 33.0 Å². The van der Waals surface area contributed by atoms with Gasteiger partial charge in [-0.1, -0.05) is 20.8 Å². The molecule has 0 amide bonds. The Morgan fingerprint density at radius 1 is 1.50 bits per heavy atom. The lowest BCUT2D eigenvalue weighted by Crippen LogP contribution is -2.49. The maximum atomic E-state index is 10.3. The molecule has 108 valence electrons. The number of aliphatic hydroxyl groups is 1. The fourth-order valence-electron chi connectivity index (χ4n) is 2.87. The minimum atomic E-state index is -0.602. The van der Waals surface area contributed by atoms with Crippen LogP contribution in [-0.4, -0.2) is 35.5 Å². The standard InChI is InChI=1S/C15H31NO2/c1-6-15(5)10-13(7-8-18-15)16-11-14(4,17)9-12(2)3/h12-13,16-17H,6-11H2,1-5H3. The molecule has 1 aliphatic heterocycles. The summed E-state index contributed by atoms with van der Waals surface area (Å²) in [6.45, 7) is 12.1. The molecule has 0 aliphatic carbocycles. The molecule has 3 unspecified atom stereocenters. The summed E-state index contributed by atoms with van der Waals surface area (Å²) in [6.07, 6.45) is 3.98. The van der Waals surface area contributed by atoms with Crippen LogP contribution in [0, 0.1) is 5.92 Å². The van der Waals surface area contributed by atoms with Crippen LogP contribution in [0.25, 0.3) is 0 Å². The van der Waals surface area contributed by atoms with Crippen LogP contribution in [0.2, 0.25) is 0 Å². The van der Waals surface area contributed by atoms with Gasteiger partial charge in [-0.05, 0) is 45.4 Å². The predicted molar refractivity (Wildman–Crippen MR) is 75.8 cm³/mol. The first kappa shape index (κ1) is 15.9. The number of nitrogens with one attached hydrogen (secondary N) is 1. The van der Waals surface area contributed by atoms with Crippen LogP contribution < -0.4 is 5.32 Å². The minimum absolute atomic E-state index is 0.0137. The molecule has 3 heteroatoms. The largest absolute Gasteiger partial charge is 0.389 e. The normalized spacial score (nSPS) is 32.5. The molecule has 0 aromatic heterocycles. The number of ether oxygens (including phenoxy) is 1. The lowest BCUT2D eigenvalue weighted by atomic mass is 9.88. The molecule has 0 aromatic carbocycles. The van der Waals surface area contributed by atoms with Crippen LogP contribution >= 0.6 is 0 Å². The van der Waals surface area contributed by atoms with Crippen LogP contribution in [0.3, 0.4) is 0 Å². The van der Waals surface area contributed by atoms with E-state index >= 15 is 0 Å². The second-order valence-electron chi connectivity index (χ2n) is 6.82. The van der Waals surface area contributed by atoms with E-state index in [1.54, 1.807) is 0 Å². The lowest BCUT2D eigenvalue weighted by Gasteiger charge is -2.39. The van der Waals surface area contributed by atoms with Crippen molar-refractivity contribution in [2.24, 2.45) is 5.92 Å². The molecule has 0 saturated carbocycles. The maximum absolute atomic E-state index is 10.3. The van der Waals surface area contributed by atoms with Gasteiger partial charge in [-0.3, -0.25) is 0 Å². The van der Waals surface area contributed by atoms with Gasteiger partial charge >= 0.3 is 0 Å². The number of hydrogen-bond acceptors (Lipinski definition) is 3. The van der Waals surface area contributed by atoms with E-state index in [-0.39, 0.29) is 5.60 Å². The molecule has 1 heterocycles. The van der Waals surface area contributed by atoms with Crippen LogP contribution in [0.4, 0.5) is 0 Å². The average Bonchev–Trinajstić information content (AvgIpc) is 2.25. The minimum Gasteiger partial charge on any atom is -0.389 e. The zero-order chi connectivity index (χ0) is 13.8. The molecule has 18 heavy (non-hydrogen) atoms. The summed E-state index contributed by atoms with van der Waals surface area (Å²) in [6, 6.07) is 0.474. The summed E-state index contributed by atoms with van der Waals surface area (Å²) < 4.78 is 5.84. The third-order valence-corrected chi connectivity index (χ3v) is 3.96. The monoisotopic (exact) mass is 257 g/mol. The van der Waals surface area contributed by atoms with E-state index in [1.165, 1.54) is 0 Å². The Kier molecular flexibility index (Phi) is 5.63. The highest BCUT2D eigenvalue weighted by Crippen LogP contribution is 2.28. The molecule has 1 fully saturated rings. The quantitative estimate of drug-likeness (QED) is 0.769. The topological polar surface area (TPSA) is 41.5 Å². The van der Waals surface area contributed by atoms with Crippen molar-refractivity contribution in [2.45, 2.75) is 77.5 Å². The van der Waals surface area contributed by atoms with Crippen molar-refractivity contribution in [3.8, 4) is 0 Å². The van der Waals surface area contributed by atoms with Crippen molar-refractivity contribution in [3.63, 3.8) is 0 Å². The first-order valence-corrected chi connectivity index (χ1v) is 7.36. The Morgan fingerprint density at radius 2 is 2.17 bits per heavy atom. The highest BCUT2D eigenvalue weighted by molar-refractivity contribution is 4.87. The molecule has 1 aliphatic rings. The summed E-state index contributed by atoms with van der Waals surface area (Å²) in [5, 5.41) is 13.8. The van der Waals surface area contributed by atoms with Gasteiger partial charge in [-0.2, -0.15) is 0 Å². The summed E-state index contributed by atoms with van der Waals surface area (Å²) in [4.78, 5) is 0. The van der Waals surface area contributed by atoms with Crippen LogP contribution in [0.1, 0.15) is 60.3 Å². The van der Waals surface area contributed by atoms with Crippen molar-refractivity contribution in [1.82, 2.24) is 5.32 Å². The summed E-state index contributed by atoms with van der Waals surface area (Å²) in [5.74, 6) is 0.525. The van der Waals surface area contributed by atoms with Crippen LogP contribution in [0.5, 0.6) is 0 Å². The van der Waals surface area contributed by atoms with E-state index in [0.29, 0.717) is 18.5 Å². The maximum Gasteiger partial charge on any atom is 0.0746 e. The lowest BCUT2D eigenvalue weighted by molar-refractivity contribution is -0.0806. The Labute approximate surface area is 112 Å². The molecule has 3 nitrogen and oxygen atoms in total. The zero-order valence-electron chi connectivity index (χ0n) is 12.8. The molecular weight excluding hydrogens is 226 g/mol. The smallest absolute Gasteiger partial charge is 0.0746 e. The number of rotatable bonds is 6. The van der Waals surface area contributed by atoms with Gasteiger partial charge in [0, 0.05) is 19.2 Å². The fraction of sp³-hybridized carbons (Fsp3) is 1.00. The molecule has 0 radical (unpaired) electrons. The van der Waals surface area contributed by atoms with Crippen LogP contribution in [-0.2, 0) is 4.74 Å². The summed E-state index contributed by atoms with van der Waals surface area (Å²) in [7, 11) is 0. The van der Waals surface area contributed by atoms with Crippen molar-refractivity contribution >= 4 is 0 Å². The van der Waals surface area contributed by atoms with Crippen molar-refractivity contribution in [3.05, 3.63) is 0 Å². The van der Waals surface area contributed by atoms with Gasteiger partial charge in [0.2, 0.25) is 0 Å². The second kappa shape index (κ2) is 6.36. The second-order valence-corrected chi connectivity index (χ2v) is 6.82. The van der Waals surface area contributed by atoms with Crippen LogP contribution in [0.15, 0.2) is 0 Å². The average molecular weight is 257 g/mol. The predicted octanol–water partition coefficient (Wildman–Crippen LogP) is 2.72. The Hall–Kier alpha value is -0.120. The van der Waals surface area contributed by atoms with Gasteiger partial charge < -0.3 is 15.2 Å². The van der Waals surface area contributed by atoms with Gasteiger partial charge in [0.05, 0.1) is 11.2 Å². The molecule has 0 bridgehead atoms. The molecule has 0 aromatic rings. The summed E-state index contributed by atoms with van der Waals surface area (Å²) in [5.41, 5.74) is -0.588. The van der Waals surface area contributed by atoms with E-state index < -0.39 is 5.60 Å². The fourth-order valence-corrected chi connectivity index (χ4v) is 2.87. The van der Waals surface area contributed by atoms with Gasteiger partial charge in [-0.15, -0.1) is 0 Å². The first-order chi connectivity index (χ1) is 8.26. The zero-order valence-corrected chi connectivity index (χ0v) is 12.8. The molecule has 1 saturated heterocycles. The van der Waals surface area contributed by atoms with E-state index in [1.807, 2.05) is 6.92 Å². The molecule has 1 rings (SSSR count). The molecule has 0 spiro atoms. The highest BCUT2D eigenvalue weighted by atomic mass is 16.5. The first-order valence-electron chi connectivity index (χ1n) is 7.36. The van der Waals surface area contributed by atoms with Gasteiger partial charge in [0.1, 0.15) is 0 Å². The van der Waals surface area contributed by atoms with Gasteiger partial charge in [0.15, 0.2) is 0 Å². The molecule has 3 atom stereocenters. The Morgan fingerprint density at radius 3 is 2.72 bits per heavy atom.